The lowest BCUT2D eigenvalue weighted by atomic mass is 10.2. The maximum absolute atomic E-state index is 12.8. The predicted octanol–water partition coefficient (Wildman–Crippen LogP) is 1.95. The molecular formula is C21H28N4O5S. The van der Waals surface area contributed by atoms with Gasteiger partial charge in [-0.05, 0) is 30.7 Å². The van der Waals surface area contributed by atoms with Crippen LogP contribution in [0.3, 0.4) is 0 Å². The number of hydrogen-bond donors (Lipinski definition) is 2. The van der Waals surface area contributed by atoms with Crippen LogP contribution in [-0.2, 0) is 20.7 Å². The molecular weight excluding hydrogens is 420 g/mol. The second-order valence-electron chi connectivity index (χ2n) is 6.67. The molecule has 10 heteroatoms. The van der Waals surface area contributed by atoms with Crippen LogP contribution in [0, 0.1) is 0 Å². The number of nitrogens with one attached hydrogen (secondary N) is 2. The van der Waals surface area contributed by atoms with Gasteiger partial charge < -0.3 is 25.0 Å². The summed E-state index contributed by atoms with van der Waals surface area (Å²) in [7, 11) is 3.08. The van der Waals surface area contributed by atoms with Gasteiger partial charge >= 0.3 is 0 Å². The predicted molar refractivity (Wildman–Crippen MR) is 119 cm³/mol. The quantitative estimate of drug-likeness (QED) is 0.514. The number of carbonyl (C=O) groups excluding carboxylic acids is 3. The minimum Gasteiger partial charge on any atom is -0.497 e. The van der Waals surface area contributed by atoms with Crippen molar-refractivity contribution < 1.29 is 23.9 Å². The molecule has 0 saturated heterocycles. The third-order valence-corrected chi connectivity index (χ3v) is 5.04. The van der Waals surface area contributed by atoms with Gasteiger partial charge in [0.25, 0.3) is 5.91 Å². The summed E-state index contributed by atoms with van der Waals surface area (Å²) in [6.07, 6.45) is 1.02. The van der Waals surface area contributed by atoms with Gasteiger partial charge in [0.05, 0.1) is 25.8 Å². The fourth-order valence-electron chi connectivity index (χ4n) is 2.64. The summed E-state index contributed by atoms with van der Waals surface area (Å²) in [6, 6.07) is 6.68. The standard InChI is InChI=1S/C21H28N4O5S/c1-4-9-22-18(26)12-16-14-31-21(23-16)24-19(27)13-25(10-11-29-2)20(28)15-5-7-17(30-3)8-6-15/h5-8,14H,4,9-13H2,1-3H3,(H,22,26)(H,23,24,27). The van der Waals surface area contributed by atoms with Crippen molar-refractivity contribution in [3.63, 3.8) is 0 Å². The van der Waals surface area contributed by atoms with E-state index in [-0.39, 0.29) is 37.2 Å². The zero-order valence-corrected chi connectivity index (χ0v) is 18.8. The van der Waals surface area contributed by atoms with Crippen molar-refractivity contribution in [1.29, 1.82) is 0 Å². The summed E-state index contributed by atoms with van der Waals surface area (Å²) in [5, 5.41) is 7.59. The molecule has 1 aromatic carbocycles. The maximum Gasteiger partial charge on any atom is 0.254 e. The van der Waals surface area contributed by atoms with Gasteiger partial charge in [0.15, 0.2) is 5.13 Å². The molecule has 168 valence electrons. The molecule has 2 N–H and O–H groups in total. The summed E-state index contributed by atoms with van der Waals surface area (Å²) in [4.78, 5) is 42.8. The maximum atomic E-state index is 12.8. The van der Waals surface area contributed by atoms with E-state index in [0.717, 1.165) is 6.42 Å². The molecule has 0 aliphatic carbocycles. The third kappa shape index (κ3) is 7.99. The smallest absolute Gasteiger partial charge is 0.254 e. The van der Waals surface area contributed by atoms with Crippen LogP contribution in [0.1, 0.15) is 29.4 Å². The zero-order valence-electron chi connectivity index (χ0n) is 18.0. The Hall–Kier alpha value is -2.98. The van der Waals surface area contributed by atoms with Crippen molar-refractivity contribution in [1.82, 2.24) is 15.2 Å². The van der Waals surface area contributed by atoms with Gasteiger partial charge in [-0.15, -0.1) is 11.3 Å². The number of thiazole rings is 1. The zero-order chi connectivity index (χ0) is 22.6. The van der Waals surface area contributed by atoms with Crippen LogP contribution in [0.2, 0.25) is 0 Å². The van der Waals surface area contributed by atoms with Gasteiger partial charge in [0.2, 0.25) is 11.8 Å². The Morgan fingerprint density at radius 2 is 1.87 bits per heavy atom. The molecule has 0 radical (unpaired) electrons. The van der Waals surface area contributed by atoms with Gasteiger partial charge in [0, 0.05) is 31.1 Å². The first kappa shape index (κ1) is 24.3. The summed E-state index contributed by atoms with van der Waals surface area (Å²) >= 11 is 1.23. The van der Waals surface area contributed by atoms with Gasteiger partial charge in [-0.1, -0.05) is 6.92 Å². The average Bonchev–Trinajstić information content (AvgIpc) is 3.21. The second kappa shape index (κ2) is 12.7. The van der Waals surface area contributed by atoms with Crippen LogP contribution >= 0.6 is 11.3 Å². The Morgan fingerprint density at radius 1 is 1.13 bits per heavy atom. The molecule has 0 aliphatic rings. The van der Waals surface area contributed by atoms with E-state index in [9.17, 15) is 14.4 Å². The van der Waals surface area contributed by atoms with Crippen LogP contribution in [0.4, 0.5) is 5.13 Å². The number of anilines is 1. The first-order chi connectivity index (χ1) is 15.0. The Balaban J connectivity index is 1.97. The van der Waals surface area contributed by atoms with Crippen LogP contribution in [-0.4, -0.2) is 68.1 Å². The van der Waals surface area contributed by atoms with Gasteiger partial charge in [-0.2, -0.15) is 0 Å². The number of amides is 3. The van der Waals surface area contributed by atoms with Crippen molar-refractivity contribution in [3.8, 4) is 5.75 Å². The molecule has 2 rings (SSSR count). The average molecular weight is 449 g/mol. The Labute approximate surface area is 185 Å². The minimum atomic E-state index is -0.380. The van der Waals surface area contributed by atoms with Gasteiger partial charge in [0.1, 0.15) is 12.3 Å². The molecule has 1 aromatic heterocycles. The highest BCUT2D eigenvalue weighted by atomic mass is 32.1. The fraction of sp³-hybridized carbons (Fsp3) is 0.429. The molecule has 9 nitrogen and oxygen atoms in total. The summed E-state index contributed by atoms with van der Waals surface area (Å²) in [6.45, 7) is 3.00. The van der Waals surface area contributed by atoms with Crippen molar-refractivity contribution in [2.75, 3.05) is 45.8 Å². The van der Waals surface area contributed by atoms with Gasteiger partial charge in [-0.25, -0.2) is 4.98 Å². The van der Waals surface area contributed by atoms with Crippen LogP contribution in [0.25, 0.3) is 0 Å². The number of aromatic nitrogens is 1. The minimum absolute atomic E-state index is 0.110. The topological polar surface area (TPSA) is 110 Å². The van der Waals surface area contributed by atoms with Crippen molar-refractivity contribution in [2.24, 2.45) is 0 Å². The van der Waals surface area contributed by atoms with Crippen LogP contribution < -0.4 is 15.4 Å². The Morgan fingerprint density at radius 3 is 2.52 bits per heavy atom. The number of benzene rings is 1. The van der Waals surface area contributed by atoms with Crippen LogP contribution in [0.5, 0.6) is 5.75 Å². The molecule has 1 heterocycles. The summed E-state index contributed by atoms with van der Waals surface area (Å²) < 4.78 is 10.2. The summed E-state index contributed by atoms with van der Waals surface area (Å²) in [5.41, 5.74) is 1.03. The molecule has 0 fully saturated rings. The van der Waals surface area contributed by atoms with E-state index in [0.29, 0.717) is 35.3 Å². The van der Waals surface area contributed by atoms with E-state index < -0.39 is 0 Å². The van der Waals surface area contributed by atoms with E-state index >= 15 is 0 Å². The fourth-order valence-corrected chi connectivity index (χ4v) is 3.37. The number of methoxy groups -OCH3 is 2. The van der Waals surface area contributed by atoms with E-state index in [1.54, 1.807) is 36.8 Å². The number of ether oxygens (including phenoxy) is 2. The monoisotopic (exact) mass is 448 g/mol. The largest absolute Gasteiger partial charge is 0.497 e. The number of carbonyl (C=O) groups is 3. The molecule has 3 amide bonds. The highest BCUT2D eigenvalue weighted by Crippen LogP contribution is 2.17. The lowest BCUT2D eigenvalue weighted by Crippen LogP contribution is -2.40. The second-order valence-corrected chi connectivity index (χ2v) is 7.53. The third-order valence-electron chi connectivity index (χ3n) is 4.24. The van der Waals surface area contributed by atoms with E-state index in [1.807, 2.05) is 6.92 Å². The molecule has 0 aliphatic heterocycles. The normalized spacial score (nSPS) is 10.4. The first-order valence-electron chi connectivity index (χ1n) is 9.90. The number of rotatable bonds is 12. The van der Waals surface area contributed by atoms with E-state index in [4.69, 9.17) is 9.47 Å². The van der Waals surface area contributed by atoms with E-state index in [1.165, 1.54) is 23.3 Å². The Bertz CT molecular complexity index is 869. The van der Waals surface area contributed by atoms with Crippen molar-refractivity contribution in [3.05, 3.63) is 40.9 Å². The molecule has 0 bridgehead atoms. The van der Waals surface area contributed by atoms with Crippen molar-refractivity contribution in [2.45, 2.75) is 19.8 Å². The molecule has 31 heavy (non-hydrogen) atoms. The molecule has 0 unspecified atom stereocenters. The lowest BCUT2D eigenvalue weighted by molar-refractivity contribution is -0.120. The molecule has 2 aromatic rings. The molecule has 0 atom stereocenters. The van der Waals surface area contributed by atoms with Crippen LogP contribution in [0.15, 0.2) is 29.6 Å². The Kier molecular flexibility index (Phi) is 9.92. The van der Waals surface area contributed by atoms with E-state index in [2.05, 4.69) is 15.6 Å². The highest BCUT2D eigenvalue weighted by molar-refractivity contribution is 7.13. The molecule has 0 spiro atoms. The van der Waals surface area contributed by atoms with Gasteiger partial charge in [-0.3, -0.25) is 14.4 Å². The lowest BCUT2D eigenvalue weighted by Gasteiger charge is -2.21. The SMILES string of the molecule is CCCNC(=O)Cc1csc(NC(=O)CN(CCOC)C(=O)c2ccc(OC)cc2)n1. The number of nitrogens with zero attached hydrogens (tertiary/aromatic N) is 2. The first-order valence-corrected chi connectivity index (χ1v) is 10.8. The molecule has 0 saturated carbocycles. The highest BCUT2D eigenvalue weighted by Gasteiger charge is 2.20. The van der Waals surface area contributed by atoms with Crippen molar-refractivity contribution >= 4 is 34.2 Å². The number of hydrogen-bond acceptors (Lipinski definition) is 7. The summed E-state index contributed by atoms with van der Waals surface area (Å²) in [5.74, 6) is -0.141.